The van der Waals surface area contributed by atoms with E-state index in [-0.39, 0.29) is 17.3 Å². The molecule has 4 rings (SSSR count). The van der Waals surface area contributed by atoms with Crippen molar-refractivity contribution in [1.82, 2.24) is 0 Å². The Morgan fingerprint density at radius 1 is 1.33 bits per heavy atom. The molecule has 1 aromatic heterocycles. The zero-order chi connectivity index (χ0) is 14.4. The van der Waals surface area contributed by atoms with Crippen molar-refractivity contribution < 1.29 is 14.2 Å². The first kappa shape index (κ1) is 13.7. The van der Waals surface area contributed by atoms with Crippen LogP contribution in [0.25, 0.3) is 10.1 Å². The van der Waals surface area contributed by atoms with Gasteiger partial charge in [-0.15, -0.1) is 11.3 Å². The minimum absolute atomic E-state index is 0.0483. The lowest BCUT2D eigenvalue weighted by Gasteiger charge is -2.48. The molecule has 2 unspecified atom stereocenters. The lowest BCUT2D eigenvalue weighted by atomic mass is 9.70. The molecule has 0 amide bonds. The Balaban J connectivity index is 1.58. The zero-order valence-corrected chi connectivity index (χ0v) is 12.7. The van der Waals surface area contributed by atoms with E-state index in [4.69, 9.17) is 4.74 Å². The molecule has 2 aliphatic rings. The number of thiophene rings is 1. The first-order valence-corrected chi connectivity index (χ1v) is 8.48. The van der Waals surface area contributed by atoms with Crippen LogP contribution in [-0.2, 0) is 4.74 Å². The predicted molar refractivity (Wildman–Crippen MR) is 82.0 cm³/mol. The SMILES string of the molecule is OC(c1cc2ccc(F)cc2s1)C1CCOC2(CCC2)C1. The van der Waals surface area contributed by atoms with Crippen molar-refractivity contribution in [2.75, 3.05) is 6.61 Å². The summed E-state index contributed by atoms with van der Waals surface area (Å²) in [5, 5.41) is 11.7. The van der Waals surface area contributed by atoms with Crippen LogP contribution in [0, 0.1) is 11.7 Å². The lowest BCUT2D eigenvalue weighted by molar-refractivity contribution is -0.157. The van der Waals surface area contributed by atoms with Crippen LogP contribution in [0.4, 0.5) is 4.39 Å². The van der Waals surface area contributed by atoms with Gasteiger partial charge >= 0.3 is 0 Å². The van der Waals surface area contributed by atoms with E-state index in [0.29, 0.717) is 0 Å². The quantitative estimate of drug-likeness (QED) is 0.890. The smallest absolute Gasteiger partial charge is 0.124 e. The van der Waals surface area contributed by atoms with Crippen molar-refractivity contribution in [3.63, 3.8) is 0 Å². The average molecular weight is 306 g/mol. The van der Waals surface area contributed by atoms with Crippen LogP contribution in [0.3, 0.4) is 0 Å². The van der Waals surface area contributed by atoms with Crippen molar-refractivity contribution in [2.24, 2.45) is 5.92 Å². The van der Waals surface area contributed by atoms with Crippen LogP contribution in [0.1, 0.15) is 43.1 Å². The Labute approximate surface area is 127 Å². The van der Waals surface area contributed by atoms with E-state index in [2.05, 4.69) is 0 Å². The average Bonchev–Trinajstić information content (AvgIpc) is 2.88. The number of benzene rings is 1. The Kier molecular flexibility index (Phi) is 3.28. The monoisotopic (exact) mass is 306 g/mol. The van der Waals surface area contributed by atoms with Gasteiger partial charge in [0.05, 0.1) is 11.7 Å². The second-order valence-corrected chi connectivity index (χ2v) is 7.53. The molecule has 2 fully saturated rings. The first-order valence-electron chi connectivity index (χ1n) is 7.66. The first-order chi connectivity index (χ1) is 10.2. The van der Waals surface area contributed by atoms with Crippen LogP contribution in [0.2, 0.25) is 0 Å². The largest absolute Gasteiger partial charge is 0.387 e. The molecule has 4 heteroatoms. The van der Waals surface area contributed by atoms with E-state index in [1.165, 1.54) is 23.8 Å². The molecule has 2 heterocycles. The number of aliphatic hydroxyl groups is 1. The lowest BCUT2D eigenvalue weighted by Crippen LogP contribution is -2.46. The minimum Gasteiger partial charge on any atom is -0.387 e. The molecule has 1 saturated carbocycles. The van der Waals surface area contributed by atoms with E-state index < -0.39 is 6.10 Å². The fraction of sp³-hybridized carbons (Fsp3) is 0.529. The molecule has 2 atom stereocenters. The third-order valence-corrected chi connectivity index (χ3v) is 6.20. The molecule has 1 aliphatic heterocycles. The van der Waals surface area contributed by atoms with Gasteiger partial charge < -0.3 is 9.84 Å². The van der Waals surface area contributed by atoms with Gasteiger partial charge in [0.1, 0.15) is 5.82 Å². The van der Waals surface area contributed by atoms with Crippen LogP contribution in [-0.4, -0.2) is 17.3 Å². The summed E-state index contributed by atoms with van der Waals surface area (Å²) >= 11 is 1.51. The third kappa shape index (κ3) is 2.39. The number of ether oxygens (including phenoxy) is 1. The standard InChI is InChI=1S/C17H19FO2S/c18-13-3-2-11-8-15(21-14(11)9-13)16(19)12-4-7-20-17(10-12)5-1-6-17/h2-3,8-9,12,16,19H,1,4-7,10H2. The summed E-state index contributed by atoms with van der Waals surface area (Å²) in [6.07, 6.45) is 4.92. The van der Waals surface area contributed by atoms with E-state index in [0.717, 1.165) is 47.3 Å². The topological polar surface area (TPSA) is 29.5 Å². The molecule has 2 nitrogen and oxygen atoms in total. The molecule has 1 aliphatic carbocycles. The highest BCUT2D eigenvalue weighted by Gasteiger charge is 2.44. The van der Waals surface area contributed by atoms with E-state index >= 15 is 0 Å². The van der Waals surface area contributed by atoms with Gasteiger partial charge in [0, 0.05) is 16.2 Å². The molecule has 2 aromatic rings. The highest BCUT2D eigenvalue weighted by molar-refractivity contribution is 7.19. The number of hydrogen-bond acceptors (Lipinski definition) is 3. The van der Waals surface area contributed by atoms with Gasteiger partial charge in [-0.3, -0.25) is 0 Å². The van der Waals surface area contributed by atoms with Crippen LogP contribution < -0.4 is 0 Å². The molecular weight excluding hydrogens is 287 g/mol. The summed E-state index contributed by atoms with van der Waals surface area (Å²) in [4.78, 5) is 0.956. The summed E-state index contributed by atoms with van der Waals surface area (Å²) in [5.74, 6) is 0.0434. The molecule has 1 saturated heterocycles. The minimum atomic E-state index is -0.452. The number of halogens is 1. The molecule has 21 heavy (non-hydrogen) atoms. The highest BCUT2D eigenvalue weighted by Crippen LogP contribution is 2.48. The van der Waals surface area contributed by atoms with Crippen molar-refractivity contribution >= 4 is 21.4 Å². The summed E-state index contributed by atoms with van der Waals surface area (Å²) in [5.41, 5.74) is 0.0483. The normalized spacial score (nSPS) is 25.9. The Hall–Kier alpha value is -0.970. The van der Waals surface area contributed by atoms with Crippen molar-refractivity contribution in [2.45, 2.75) is 43.8 Å². The zero-order valence-electron chi connectivity index (χ0n) is 11.8. The molecule has 0 bridgehead atoms. The fourth-order valence-electron chi connectivity index (χ4n) is 3.66. The predicted octanol–water partition coefficient (Wildman–Crippen LogP) is 4.42. The van der Waals surface area contributed by atoms with Crippen molar-refractivity contribution in [3.8, 4) is 0 Å². The summed E-state index contributed by atoms with van der Waals surface area (Å²) < 4.78 is 20.1. The van der Waals surface area contributed by atoms with Gasteiger partial charge in [-0.2, -0.15) is 0 Å². The summed E-state index contributed by atoms with van der Waals surface area (Å²) in [7, 11) is 0. The van der Waals surface area contributed by atoms with Gasteiger partial charge in [-0.05, 0) is 61.6 Å². The molecule has 112 valence electrons. The second-order valence-electron chi connectivity index (χ2n) is 6.41. The van der Waals surface area contributed by atoms with Crippen molar-refractivity contribution in [3.05, 3.63) is 35.0 Å². The van der Waals surface area contributed by atoms with Crippen LogP contribution in [0.5, 0.6) is 0 Å². The molecule has 1 N–H and O–H groups in total. The maximum atomic E-state index is 13.3. The third-order valence-electron chi connectivity index (χ3n) is 5.04. The van der Waals surface area contributed by atoms with Gasteiger partial charge in [0.2, 0.25) is 0 Å². The number of fused-ring (bicyclic) bond motifs is 1. The molecular formula is C17H19FO2S. The number of hydrogen-bond donors (Lipinski definition) is 1. The van der Waals surface area contributed by atoms with E-state index in [9.17, 15) is 9.50 Å². The summed E-state index contributed by atoms with van der Waals surface area (Å²) in [6.45, 7) is 0.751. The maximum absolute atomic E-state index is 13.3. The fourth-order valence-corrected chi connectivity index (χ4v) is 4.83. The second kappa shape index (κ2) is 5.04. The van der Waals surface area contributed by atoms with E-state index in [1.54, 1.807) is 12.1 Å². The Morgan fingerprint density at radius 2 is 2.19 bits per heavy atom. The maximum Gasteiger partial charge on any atom is 0.124 e. The number of aliphatic hydroxyl groups excluding tert-OH is 1. The van der Waals surface area contributed by atoms with Gasteiger partial charge in [-0.1, -0.05) is 6.07 Å². The van der Waals surface area contributed by atoms with Crippen molar-refractivity contribution in [1.29, 1.82) is 0 Å². The van der Waals surface area contributed by atoms with Gasteiger partial charge in [-0.25, -0.2) is 4.39 Å². The summed E-state index contributed by atoms with van der Waals surface area (Å²) in [6, 6.07) is 6.82. The van der Waals surface area contributed by atoms with Gasteiger partial charge in [0.15, 0.2) is 0 Å². The van der Waals surface area contributed by atoms with Gasteiger partial charge in [0.25, 0.3) is 0 Å². The number of rotatable bonds is 2. The Bertz CT molecular complexity index is 662. The van der Waals surface area contributed by atoms with Crippen LogP contribution in [0.15, 0.2) is 24.3 Å². The van der Waals surface area contributed by atoms with Crippen LogP contribution >= 0.6 is 11.3 Å². The molecule has 0 radical (unpaired) electrons. The molecule has 1 spiro atoms. The van der Waals surface area contributed by atoms with E-state index in [1.807, 2.05) is 6.07 Å². The Morgan fingerprint density at radius 3 is 2.95 bits per heavy atom. The highest BCUT2D eigenvalue weighted by atomic mass is 32.1. The molecule has 1 aromatic carbocycles.